The highest BCUT2D eigenvalue weighted by Crippen LogP contribution is 2.18. The lowest BCUT2D eigenvalue weighted by Gasteiger charge is -2.07. The Labute approximate surface area is 117 Å². The molecule has 0 saturated carbocycles. The molecule has 0 atom stereocenters. The van der Waals surface area contributed by atoms with Crippen LogP contribution in [0, 0.1) is 6.92 Å². The number of pyridine rings is 1. The molecule has 6 heteroatoms. The maximum Gasteiger partial charge on any atom is 0.359 e. The molecule has 0 fully saturated rings. The molecule has 0 aromatic carbocycles. The van der Waals surface area contributed by atoms with Crippen molar-refractivity contribution in [1.82, 2.24) is 14.8 Å². The van der Waals surface area contributed by atoms with E-state index in [4.69, 9.17) is 10.5 Å². The zero-order chi connectivity index (χ0) is 14.7. The molecule has 20 heavy (non-hydrogen) atoms. The van der Waals surface area contributed by atoms with Gasteiger partial charge in [0, 0.05) is 13.2 Å². The number of aryl methyl sites for hydroxylation is 3. The fraction of sp³-hybridized carbons (Fsp3) is 0.357. The third kappa shape index (κ3) is 2.64. The van der Waals surface area contributed by atoms with Gasteiger partial charge in [-0.05, 0) is 25.0 Å². The van der Waals surface area contributed by atoms with E-state index in [1.54, 1.807) is 13.2 Å². The number of carbonyl (C=O) groups excluding carboxylic acids is 1. The van der Waals surface area contributed by atoms with Crippen molar-refractivity contribution in [3.8, 4) is 0 Å². The lowest BCUT2D eigenvalue weighted by Crippen LogP contribution is -2.13. The molecule has 0 aliphatic heterocycles. The molecule has 0 bridgehead atoms. The number of nitrogen functional groups attached to an aromatic ring is 1. The van der Waals surface area contributed by atoms with Gasteiger partial charge in [-0.25, -0.2) is 4.79 Å². The molecule has 0 spiro atoms. The molecule has 2 heterocycles. The molecule has 0 radical (unpaired) electrons. The molecule has 0 aliphatic rings. The highest BCUT2D eigenvalue weighted by Gasteiger charge is 2.20. The predicted molar refractivity (Wildman–Crippen MR) is 75.1 cm³/mol. The number of hydrogen-bond acceptors (Lipinski definition) is 5. The summed E-state index contributed by atoms with van der Waals surface area (Å²) in [5, 5.41) is 4.20. The van der Waals surface area contributed by atoms with Crippen molar-refractivity contribution in [2.75, 3.05) is 5.73 Å². The molecule has 2 aromatic heterocycles. The fourth-order valence-corrected chi connectivity index (χ4v) is 1.97. The minimum absolute atomic E-state index is 0.123. The summed E-state index contributed by atoms with van der Waals surface area (Å²) in [5.74, 6) is -0.484. The Morgan fingerprint density at radius 3 is 2.80 bits per heavy atom. The van der Waals surface area contributed by atoms with Crippen LogP contribution in [0.5, 0.6) is 0 Å². The van der Waals surface area contributed by atoms with Gasteiger partial charge in [0.15, 0.2) is 5.69 Å². The number of hydrogen-bond donors (Lipinski definition) is 1. The average molecular weight is 274 g/mol. The van der Waals surface area contributed by atoms with E-state index in [2.05, 4.69) is 10.1 Å². The van der Waals surface area contributed by atoms with Gasteiger partial charge in [0.2, 0.25) is 0 Å². The van der Waals surface area contributed by atoms with Crippen molar-refractivity contribution in [3.05, 3.63) is 41.0 Å². The van der Waals surface area contributed by atoms with Gasteiger partial charge in [-0.2, -0.15) is 5.10 Å². The summed E-state index contributed by atoms with van der Waals surface area (Å²) in [5.41, 5.74) is 9.00. The molecule has 2 rings (SSSR count). The maximum atomic E-state index is 12.1. The first-order chi connectivity index (χ1) is 9.54. The highest BCUT2D eigenvalue weighted by atomic mass is 16.5. The van der Waals surface area contributed by atoms with Gasteiger partial charge >= 0.3 is 5.97 Å². The molecular weight excluding hydrogens is 256 g/mol. The van der Waals surface area contributed by atoms with Crippen LogP contribution in [-0.2, 0) is 24.8 Å². The maximum absolute atomic E-state index is 12.1. The van der Waals surface area contributed by atoms with Crippen molar-refractivity contribution in [2.45, 2.75) is 26.9 Å². The molecule has 0 saturated heterocycles. The lowest BCUT2D eigenvalue weighted by atomic mass is 10.2. The smallest absolute Gasteiger partial charge is 0.359 e. The zero-order valence-corrected chi connectivity index (χ0v) is 11.9. The molecule has 106 valence electrons. The van der Waals surface area contributed by atoms with Crippen LogP contribution < -0.4 is 5.73 Å². The second-order valence-electron chi connectivity index (χ2n) is 4.53. The van der Waals surface area contributed by atoms with Gasteiger partial charge in [-0.3, -0.25) is 9.67 Å². The van der Waals surface area contributed by atoms with Gasteiger partial charge in [0.1, 0.15) is 6.61 Å². The number of nitrogens with two attached hydrogens (primary N) is 1. The number of esters is 1. The van der Waals surface area contributed by atoms with Crippen LogP contribution in [0.2, 0.25) is 0 Å². The van der Waals surface area contributed by atoms with Crippen LogP contribution in [0.15, 0.2) is 18.3 Å². The number of carbonyl (C=O) groups is 1. The lowest BCUT2D eigenvalue weighted by molar-refractivity contribution is 0.0455. The highest BCUT2D eigenvalue weighted by molar-refractivity contribution is 5.93. The second-order valence-corrected chi connectivity index (χ2v) is 4.53. The first kappa shape index (κ1) is 14.0. The number of aromatic nitrogens is 3. The Kier molecular flexibility index (Phi) is 4.02. The van der Waals surface area contributed by atoms with Crippen LogP contribution in [0.3, 0.4) is 0 Å². The molecule has 2 aromatic rings. The van der Waals surface area contributed by atoms with Gasteiger partial charge in [-0.1, -0.05) is 13.0 Å². The minimum Gasteiger partial charge on any atom is -0.454 e. The Morgan fingerprint density at radius 1 is 1.45 bits per heavy atom. The number of nitrogens with zero attached hydrogens (tertiary/aromatic N) is 3. The van der Waals surface area contributed by atoms with Crippen molar-refractivity contribution >= 4 is 11.7 Å². The molecule has 0 aliphatic carbocycles. The van der Waals surface area contributed by atoms with Gasteiger partial charge in [-0.15, -0.1) is 0 Å². The summed E-state index contributed by atoms with van der Waals surface area (Å²) < 4.78 is 6.73. The Morgan fingerprint density at radius 2 is 2.20 bits per heavy atom. The normalized spacial score (nSPS) is 10.6. The standard InChI is InChI=1S/C14H18N4O2/c1-4-10-12(15)13(18(3)17-10)14(19)20-8-11-9(2)6-5-7-16-11/h5-7H,4,8,15H2,1-3H3. The van der Waals surface area contributed by atoms with Crippen molar-refractivity contribution in [2.24, 2.45) is 7.05 Å². The Balaban J connectivity index is 2.13. The third-order valence-corrected chi connectivity index (χ3v) is 3.15. The molecule has 2 N–H and O–H groups in total. The van der Waals surface area contributed by atoms with E-state index < -0.39 is 5.97 Å². The number of anilines is 1. The van der Waals surface area contributed by atoms with E-state index in [9.17, 15) is 4.79 Å². The monoisotopic (exact) mass is 274 g/mol. The number of rotatable bonds is 4. The SMILES string of the molecule is CCc1nn(C)c(C(=O)OCc2ncccc2C)c1N. The summed E-state index contributed by atoms with van der Waals surface area (Å²) in [6, 6.07) is 3.76. The van der Waals surface area contributed by atoms with Crippen molar-refractivity contribution in [1.29, 1.82) is 0 Å². The average Bonchev–Trinajstić information content (AvgIpc) is 2.72. The van der Waals surface area contributed by atoms with E-state index in [1.165, 1.54) is 4.68 Å². The summed E-state index contributed by atoms with van der Waals surface area (Å²) in [6.07, 6.45) is 2.34. The van der Waals surface area contributed by atoms with E-state index in [0.29, 0.717) is 17.8 Å². The van der Waals surface area contributed by atoms with Crippen molar-refractivity contribution in [3.63, 3.8) is 0 Å². The third-order valence-electron chi connectivity index (χ3n) is 3.15. The second kappa shape index (κ2) is 5.73. The van der Waals surface area contributed by atoms with Crippen LogP contribution in [0.1, 0.15) is 34.4 Å². The molecular formula is C14H18N4O2. The van der Waals surface area contributed by atoms with Gasteiger partial charge in [0.05, 0.1) is 17.1 Å². The largest absolute Gasteiger partial charge is 0.454 e. The first-order valence-corrected chi connectivity index (χ1v) is 6.43. The number of ether oxygens (including phenoxy) is 1. The summed E-state index contributed by atoms with van der Waals surface area (Å²) in [6.45, 7) is 3.98. The van der Waals surface area contributed by atoms with Crippen LogP contribution in [0.25, 0.3) is 0 Å². The van der Waals surface area contributed by atoms with Gasteiger partial charge < -0.3 is 10.5 Å². The van der Waals surface area contributed by atoms with Gasteiger partial charge in [0.25, 0.3) is 0 Å². The van der Waals surface area contributed by atoms with E-state index >= 15 is 0 Å². The van der Waals surface area contributed by atoms with Crippen LogP contribution >= 0.6 is 0 Å². The first-order valence-electron chi connectivity index (χ1n) is 6.43. The topological polar surface area (TPSA) is 83.0 Å². The molecule has 0 unspecified atom stereocenters. The Hall–Kier alpha value is -2.37. The van der Waals surface area contributed by atoms with E-state index in [0.717, 1.165) is 11.3 Å². The minimum atomic E-state index is -0.484. The van der Waals surface area contributed by atoms with E-state index in [-0.39, 0.29) is 12.3 Å². The van der Waals surface area contributed by atoms with Crippen LogP contribution in [0.4, 0.5) is 5.69 Å². The van der Waals surface area contributed by atoms with E-state index in [1.807, 2.05) is 26.0 Å². The molecule has 6 nitrogen and oxygen atoms in total. The Bertz CT molecular complexity index is 634. The molecule has 0 amide bonds. The van der Waals surface area contributed by atoms with Crippen LogP contribution in [-0.4, -0.2) is 20.7 Å². The predicted octanol–water partition coefficient (Wildman–Crippen LogP) is 1.63. The summed E-state index contributed by atoms with van der Waals surface area (Å²) in [7, 11) is 1.68. The summed E-state index contributed by atoms with van der Waals surface area (Å²) >= 11 is 0. The quantitative estimate of drug-likeness (QED) is 0.857. The fourth-order valence-electron chi connectivity index (χ4n) is 1.97. The summed E-state index contributed by atoms with van der Waals surface area (Å²) in [4.78, 5) is 16.3. The van der Waals surface area contributed by atoms with Crippen molar-refractivity contribution < 1.29 is 9.53 Å². The zero-order valence-electron chi connectivity index (χ0n) is 11.9.